The molecule has 3 rings (SSSR count). The van der Waals surface area contributed by atoms with Crippen molar-refractivity contribution < 1.29 is 10.2 Å². The van der Waals surface area contributed by atoms with Crippen LogP contribution in [0.25, 0.3) is 11.3 Å². The van der Waals surface area contributed by atoms with Gasteiger partial charge in [0.1, 0.15) is 0 Å². The minimum absolute atomic E-state index is 0.182. The molecule has 1 heterocycles. The van der Waals surface area contributed by atoms with E-state index >= 15 is 0 Å². The van der Waals surface area contributed by atoms with Crippen molar-refractivity contribution in [2.75, 3.05) is 5.43 Å². The van der Waals surface area contributed by atoms with E-state index in [1.54, 1.807) is 12.3 Å². The minimum Gasteiger partial charge on any atom is -0.504 e. The minimum atomic E-state index is -0.210. The average Bonchev–Trinajstić information content (AvgIpc) is 2.59. The Morgan fingerprint density at radius 1 is 1.00 bits per heavy atom. The fraction of sp³-hybridized carbons (Fsp3) is 0. The summed E-state index contributed by atoms with van der Waals surface area (Å²) >= 11 is 0. The van der Waals surface area contributed by atoms with Crippen molar-refractivity contribution in [3.05, 3.63) is 60.3 Å². The van der Waals surface area contributed by atoms with E-state index in [0.29, 0.717) is 11.3 Å². The number of aromatic nitrogens is 3. The summed E-state index contributed by atoms with van der Waals surface area (Å²) in [6.07, 6.45) is 3.04. The lowest BCUT2D eigenvalue weighted by Crippen LogP contribution is -1.99. The molecule has 3 aromatic rings. The number of nitrogens with one attached hydrogen (secondary N) is 1. The Bertz CT molecular complexity index is 837. The first-order chi connectivity index (χ1) is 11.2. The van der Waals surface area contributed by atoms with Crippen molar-refractivity contribution in [2.24, 2.45) is 5.10 Å². The fourth-order valence-corrected chi connectivity index (χ4v) is 1.88. The van der Waals surface area contributed by atoms with Crippen molar-refractivity contribution in [1.82, 2.24) is 15.2 Å². The Morgan fingerprint density at radius 3 is 2.61 bits per heavy atom. The summed E-state index contributed by atoms with van der Waals surface area (Å²) in [5.41, 5.74) is 4.90. The summed E-state index contributed by atoms with van der Waals surface area (Å²) in [4.78, 5) is 4.32. The number of hydrazone groups is 1. The van der Waals surface area contributed by atoms with Crippen LogP contribution in [0, 0.1) is 0 Å². The number of benzene rings is 2. The number of hydrogen-bond acceptors (Lipinski definition) is 7. The summed E-state index contributed by atoms with van der Waals surface area (Å²) in [5, 5.41) is 30.4. The van der Waals surface area contributed by atoms with E-state index in [1.807, 2.05) is 30.3 Å². The van der Waals surface area contributed by atoms with E-state index < -0.39 is 0 Å². The van der Waals surface area contributed by atoms with Gasteiger partial charge in [0.2, 0.25) is 0 Å². The molecule has 7 heteroatoms. The molecule has 0 aliphatic heterocycles. The highest BCUT2D eigenvalue weighted by Crippen LogP contribution is 2.24. The molecule has 7 nitrogen and oxygen atoms in total. The second-order valence-electron chi connectivity index (χ2n) is 4.65. The summed E-state index contributed by atoms with van der Waals surface area (Å²) < 4.78 is 0. The highest BCUT2D eigenvalue weighted by Gasteiger charge is 2.02. The van der Waals surface area contributed by atoms with E-state index in [-0.39, 0.29) is 17.4 Å². The molecule has 0 amide bonds. The van der Waals surface area contributed by atoms with Gasteiger partial charge < -0.3 is 10.2 Å². The molecule has 1 aromatic heterocycles. The Morgan fingerprint density at radius 2 is 1.83 bits per heavy atom. The Kier molecular flexibility index (Phi) is 4.10. The molecule has 3 N–H and O–H groups in total. The van der Waals surface area contributed by atoms with E-state index in [4.69, 9.17) is 0 Å². The number of phenols is 2. The SMILES string of the molecule is Oc1ccc(/C=N/Nc2nncc(-c3ccccc3)n2)cc1O. The van der Waals surface area contributed by atoms with Gasteiger partial charge in [0, 0.05) is 5.56 Å². The smallest absolute Gasteiger partial charge is 0.263 e. The van der Waals surface area contributed by atoms with Gasteiger partial charge in [-0.15, -0.1) is 5.10 Å². The monoisotopic (exact) mass is 307 g/mol. The van der Waals surface area contributed by atoms with Gasteiger partial charge >= 0.3 is 0 Å². The fourth-order valence-electron chi connectivity index (χ4n) is 1.88. The molecule has 0 fully saturated rings. The highest BCUT2D eigenvalue weighted by molar-refractivity contribution is 5.81. The molecule has 114 valence electrons. The van der Waals surface area contributed by atoms with Crippen LogP contribution < -0.4 is 5.43 Å². The molecule has 0 aliphatic carbocycles. The molecular weight excluding hydrogens is 294 g/mol. The van der Waals surface area contributed by atoms with Crippen LogP contribution in [0.1, 0.15) is 5.56 Å². The number of rotatable bonds is 4. The van der Waals surface area contributed by atoms with Gasteiger partial charge in [0.05, 0.1) is 18.1 Å². The topological polar surface area (TPSA) is 104 Å². The predicted molar refractivity (Wildman–Crippen MR) is 86.3 cm³/mol. The van der Waals surface area contributed by atoms with Crippen LogP contribution in [0.5, 0.6) is 11.5 Å². The average molecular weight is 307 g/mol. The number of anilines is 1. The van der Waals surface area contributed by atoms with Crippen LogP contribution >= 0.6 is 0 Å². The van der Waals surface area contributed by atoms with Crippen LogP contribution in [-0.2, 0) is 0 Å². The van der Waals surface area contributed by atoms with E-state index in [2.05, 4.69) is 25.7 Å². The lowest BCUT2D eigenvalue weighted by atomic mass is 10.2. The van der Waals surface area contributed by atoms with Crippen molar-refractivity contribution in [3.8, 4) is 22.8 Å². The van der Waals surface area contributed by atoms with Crippen LogP contribution in [0.3, 0.4) is 0 Å². The zero-order valence-corrected chi connectivity index (χ0v) is 12.0. The number of phenolic OH excluding ortho intramolecular Hbond substituents is 2. The van der Waals surface area contributed by atoms with Gasteiger partial charge in [-0.3, -0.25) is 0 Å². The van der Waals surface area contributed by atoms with E-state index in [9.17, 15) is 10.2 Å². The quantitative estimate of drug-likeness (QED) is 0.388. The maximum atomic E-state index is 9.41. The van der Waals surface area contributed by atoms with Crippen LogP contribution in [0.15, 0.2) is 59.8 Å². The Hall–Kier alpha value is -3.48. The molecule has 0 saturated heterocycles. The second kappa shape index (κ2) is 6.52. The summed E-state index contributed by atoms with van der Waals surface area (Å²) in [5.74, 6) is -0.137. The van der Waals surface area contributed by atoms with Gasteiger partial charge in [-0.05, 0) is 23.8 Å². The largest absolute Gasteiger partial charge is 0.504 e. The first-order valence-corrected chi connectivity index (χ1v) is 6.78. The lowest BCUT2D eigenvalue weighted by molar-refractivity contribution is 0.403. The summed E-state index contributed by atoms with van der Waals surface area (Å²) in [7, 11) is 0. The van der Waals surface area contributed by atoms with Crippen molar-refractivity contribution in [3.63, 3.8) is 0 Å². The van der Waals surface area contributed by atoms with Gasteiger partial charge in [0.15, 0.2) is 11.5 Å². The zero-order valence-electron chi connectivity index (χ0n) is 12.0. The zero-order chi connectivity index (χ0) is 16.1. The van der Waals surface area contributed by atoms with Gasteiger partial charge in [-0.2, -0.15) is 10.2 Å². The number of hydrogen-bond donors (Lipinski definition) is 3. The molecule has 0 atom stereocenters. The molecule has 2 aromatic carbocycles. The Labute approximate surface area is 132 Å². The summed E-state index contributed by atoms with van der Waals surface area (Å²) in [6.45, 7) is 0. The second-order valence-corrected chi connectivity index (χ2v) is 4.65. The molecule has 0 bridgehead atoms. The number of aromatic hydroxyl groups is 2. The van der Waals surface area contributed by atoms with E-state index in [1.165, 1.54) is 18.3 Å². The Balaban J connectivity index is 1.73. The molecule has 0 aliphatic rings. The third-order valence-corrected chi connectivity index (χ3v) is 3.01. The van der Waals surface area contributed by atoms with Gasteiger partial charge in [-0.25, -0.2) is 10.4 Å². The standard InChI is InChI=1S/C16H13N5O2/c22-14-7-6-11(8-15(14)23)9-17-20-16-19-13(10-18-21-16)12-4-2-1-3-5-12/h1-10,22-23H,(H,19,20,21)/b17-9+. The third kappa shape index (κ3) is 3.59. The normalized spacial score (nSPS) is 10.8. The van der Waals surface area contributed by atoms with Gasteiger partial charge in [0.25, 0.3) is 5.95 Å². The summed E-state index contributed by atoms with van der Waals surface area (Å²) in [6, 6.07) is 14.0. The first-order valence-electron chi connectivity index (χ1n) is 6.78. The third-order valence-electron chi connectivity index (χ3n) is 3.01. The van der Waals surface area contributed by atoms with Crippen molar-refractivity contribution in [2.45, 2.75) is 0 Å². The molecule has 23 heavy (non-hydrogen) atoms. The van der Waals surface area contributed by atoms with Crippen molar-refractivity contribution >= 4 is 12.2 Å². The van der Waals surface area contributed by atoms with Crippen LogP contribution in [0.4, 0.5) is 5.95 Å². The van der Waals surface area contributed by atoms with Crippen molar-refractivity contribution in [1.29, 1.82) is 0 Å². The lowest BCUT2D eigenvalue weighted by Gasteiger charge is -2.02. The van der Waals surface area contributed by atoms with Gasteiger partial charge in [-0.1, -0.05) is 30.3 Å². The molecular formula is C16H13N5O2. The van der Waals surface area contributed by atoms with Crippen LogP contribution in [-0.4, -0.2) is 31.6 Å². The first kappa shape index (κ1) is 14.5. The maximum absolute atomic E-state index is 9.41. The highest BCUT2D eigenvalue weighted by atomic mass is 16.3. The molecule has 0 spiro atoms. The molecule has 0 radical (unpaired) electrons. The maximum Gasteiger partial charge on any atom is 0.263 e. The van der Waals surface area contributed by atoms with Crippen LogP contribution in [0.2, 0.25) is 0 Å². The number of nitrogens with zero attached hydrogens (tertiary/aromatic N) is 4. The predicted octanol–water partition coefficient (Wildman–Crippen LogP) is 2.40. The van der Waals surface area contributed by atoms with E-state index in [0.717, 1.165) is 5.56 Å². The molecule has 0 unspecified atom stereocenters. The molecule has 0 saturated carbocycles.